The first kappa shape index (κ1) is 49.3. The number of phenols is 2. The Morgan fingerprint density at radius 2 is 0.949 bits per heavy atom. The molecule has 4 aromatic rings. The minimum Gasteiger partial charge on any atom is -0.872 e. The Balaban J connectivity index is 0.000000518. The summed E-state index contributed by atoms with van der Waals surface area (Å²) in [4.78, 5) is 10.2. The molecule has 59 heavy (non-hydrogen) atoms. The van der Waals surface area contributed by atoms with E-state index in [0.29, 0.717) is 17.2 Å². The van der Waals surface area contributed by atoms with Gasteiger partial charge in [-0.1, -0.05) is 138 Å². The van der Waals surface area contributed by atoms with Crippen molar-refractivity contribution in [3.63, 3.8) is 0 Å². The van der Waals surface area contributed by atoms with Crippen molar-refractivity contribution in [1.82, 2.24) is 0 Å². The molecule has 323 valence electrons. The van der Waals surface area contributed by atoms with Gasteiger partial charge in [0.2, 0.25) is 0 Å². The fraction of sp³-hybridized carbons (Fsp3) is 0.500. The van der Waals surface area contributed by atoms with E-state index in [0.717, 1.165) is 79.4 Å². The van der Waals surface area contributed by atoms with Gasteiger partial charge in [0.25, 0.3) is 0 Å². The molecule has 1 radical (unpaired) electrons. The van der Waals surface area contributed by atoms with Crippen LogP contribution in [-0.2, 0) is 38.4 Å². The number of para-hydroxylation sites is 1. The topological polar surface area (TPSA) is 97.5 Å². The van der Waals surface area contributed by atoms with E-state index in [-0.39, 0.29) is 56.3 Å². The first-order valence-electron chi connectivity index (χ1n) is 21.6. The predicted octanol–water partition coefficient (Wildman–Crippen LogP) is 13.2. The van der Waals surface area contributed by atoms with Gasteiger partial charge in [-0.05, 0) is 108 Å². The predicted molar refractivity (Wildman–Crippen MR) is 243 cm³/mol. The molecule has 2 N–H and O–H groups in total. The molecule has 0 bridgehead atoms. The largest absolute Gasteiger partial charge is 0.872 e. The summed E-state index contributed by atoms with van der Waals surface area (Å²) in [5, 5.41) is 33.8. The van der Waals surface area contributed by atoms with Crippen LogP contribution in [0.15, 0.2) is 88.8 Å². The van der Waals surface area contributed by atoms with Gasteiger partial charge in [-0.2, -0.15) is 0 Å². The van der Waals surface area contributed by atoms with Gasteiger partial charge in [0.15, 0.2) is 0 Å². The zero-order valence-corrected chi connectivity index (χ0v) is 39.0. The van der Waals surface area contributed by atoms with Crippen molar-refractivity contribution < 1.29 is 36.8 Å². The summed E-state index contributed by atoms with van der Waals surface area (Å²) in [5.41, 5.74) is 5.79. The molecule has 1 saturated carbocycles. The second kappa shape index (κ2) is 20.9. The first-order valence-corrected chi connectivity index (χ1v) is 21.6. The Hall–Kier alpha value is -4.07. The maximum atomic E-state index is 11.5. The minimum absolute atomic E-state index is 0. The van der Waals surface area contributed by atoms with E-state index in [2.05, 4.69) is 107 Å². The van der Waals surface area contributed by atoms with Crippen molar-refractivity contribution in [2.75, 3.05) is 0 Å². The van der Waals surface area contributed by atoms with Crippen LogP contribution in [-0.4, -0.2) is 34.7 Å². The molecule has 2 atom stereocenters. The van der Waals surface area contributed by atoms with Gasteiger partial charge in [0.1, 0.15) is 23.0 Å². The third-order valence-corrected chi connectivity index (χ3v) is 13.1. The fourth-order valence-corrected chi connectivity index (χ4v) is 7.04. The number of aromatic hydroxyl groups is 2. The zero-order chi connectivity index (χ0) is 42.9. The number of ether oxygens (including phenoxy) is 1. The maximum Gasteiger partial charge on any atom is 0.128 e. The van der Waals surface area contributed by atoms with E-state index >= 15 is 0 Å². The molecule has 0 amide bonds. The van der Waals surface area contributed by atoms with E-state index < -0.39 is 0 Å². The number of benzene rings is 4. The molecule has 7 heteroatoms. The molecule has 1 fully saturated rings. The van der Waals surface area contributed by atoms with Crippen LogP contribution in [0.25, 0.3) is 0 Å². The van der Waals surface area contributed by atoms with E-state index in [4.69, 9.17) is 14.7 Å². The van der Waals surface area contributed by atoms with Crippen LogP contribution in [0.5, 0.6) is 28.7 Å². The van der Waals surface area contributed by atoms with Crippen molar-refractivity contribution in [3.8, 4) is 28.7 Å². The summed E-state index contributed by atoms with van der Waals surface area (Å²) in [7, 11) is 0. The molecule has 2 unspecified atom stereocenters. The number of hydrogen-bond acceptors (Lipinski definition) is 6. The molecule has 6 nitrogen and oxygen atoms in total. The number of phenolic OH excluding ortho intramolecular Hbond substituents is 2. The minimum atomic E-state index is -0.141. The van der Waals surface area contributed by atoms with Crippen molar-refractivity contribution >= 4 is 12.4 Å². The van der Waals surface area contributed by atoms with Crippen LogP contribution in [0.1, 0.15) is 168 Å². The Bertz CT molecular complexity index is 1890. The Kier molecular flexibility index (Phi) is 17.5. The van der Waals surface area contributed by atoms with Crippen LogP contribution in [0.3, 0.4) is 0 Å². The van der Waals surface area contributed by atoms with Gasteiger partial charge in [0, 0.05) is 51.5 Å². The molecule has 5 rings (SSSR count). The molecule has 0 heterocycles. The van der Waals surface area contributed by atoms with Gasteiger partial charge in [-0.25, -0.2) is 0 Å². The monoisotopic (exact) mass is 846 g/mol. The average Bonchev–Trinajstić information content (AvgIpc) is 3.21. The Morgan fingerprint density at radius 1 is 0.576 bits per heavy atom. The molecule has 0 saturated heterocycles. The summed E-state index contributed by atoms with van der Waals surface area (Å²) >= 11 is 0. The van der Waals surface area contributed by atoms with Crippen molar-refractivity contribution in [1.29, 1.82) is 0 Å². The second-order valence-corrected chi connectivity index (χ2v) is 18.7. The number of aliphatic imine (C=N–C) groups is 2. The summed E-state index contributed by atoms with van der Waals surface area (Å²) in [6.45, 7) is 26.7. The first-order chi connectivity index (χ1) is 27.3. The molecule has 0 aromatic heterocycles. The Labute approximate surface area is 366 Å². The summed E-state index contributed by atoms with van der Waals surface area (Å²) < 4.78 is 5.49. The van der Waals surface area contributed by atoms with Gasteiger partial charge in [-0.3, -0.25) is 9.98 Å². The average molecular weight is 847 g/mol. The smallest absolute Gasteiger partial charge is 0.128 e. The summed E-state index contributed by atoms with van der Waals surface area (Å²) in [6, 6.07) is 24.5. The Morgan fingerprint density at radius 3 is 1.32 bits per heavy atom. The van der Waals surface area contributed by atoms with Crippen LogP contribution < -0.4 is 9.84 Å². The SMILES string of the molecule is CCC(C)(C)c1cc(C=NC2CCCCC2N=Cc2cc(C(C)(C)CC)cc(C(C)(C)CC)c2O)c(O)c(C(C)(C)CC)c1.[Co].[O-]c1ccc(Oc2ccccc2)cc1. The molecular weight excluding hydrogens is 776 g/mol. The fourth-order valence-electron chi connectivity index (χ4n) is 7.04. The number of nitrogens with zero attached hydrogens (tertiary/aromatic N) is 2. The molecular formula is C52H71CoN2O4-. The third kappa shape index (κ3) is 12.7. The van der Waals surface area contributed by atoms with E-state index in [1.54, 1.807) is 12.1 Å². The quantitative estimate of drug-likeness (QED) is 0.124. The summed E-state index contributed by atoms with van der Waals surface area (Å²) in [6.07, 6.45) is 11.9. The normalized spacial score (nSPS) is 16.4. The van der Waals surface area contributed by atoms with Crippen molar-refractivity contribution in [2.45, 2.75) is 168 Å². The van der Waals surface area contributed by atoms with Crippen LogP contribution >= 0.6 is 0 Å². The van der Waals surface area contributed by atoms with Crippen LogP contribution in [0.4, 0.5) is 0 Å². The maximum absolute atomic E-state index is 11.5. The van der Waals surface area contributed by atoms with E-state index in [9.17, 15) is 15.3 Å². The van der Waals surface area contributed by atoms with Crippen LogP contribution in [0.2, 0.25) is 0 Å². The third-order valence-electron chi connectivity index (χ3n) is 13.1. The molecule has 1 aliphatic rings. The molecule has 0 aliphatic heterocycles. The zero-order valence-electron chi connectivity index (χ0n) is 37.9. The molecule has 4 aromatic carbocycles. The molecule has 0 spiro atoms. The van der Waals surface area contributed by atoms with Gasteiger partial charge >= 0.3 is 0 Å². The van der Waals surface area contributed by atoms with E-state index in [1.165, 1.54) is 23.3 Å². The van der Waals surface area contributed by atoms with Crippen LogP contribution in [0, 0.1) is 0 Å². The van der Waals surface area contributed by atoms with Gasteiger partial charge < -0.3 is 20.1 Å². The van der Waals surface area contributed by atoms with Gasteiger partial charge in [-0.15, -0.1) is 5.75 Å². The number of hydrogen-bond donors (Lipinski definition) is 2. The standard InChI is InChI=1S/C40H62N2O2.C12H10O2.Co/c1-13-37(5,6)29-21-27(35(43)31(23-29)39(9,10)15-3)25-41-33-19-17-18-20-34(33)42-26-28-22-30(38(7,8)14-2)24-32(36(28)44)40(11,12)16-4;13-10-6-8-12(9-7-10)14-11-4-2-1-3-5-11;/h21-26,33-34,43-44H,13-20H2,1-12H3;1-9,13H;/p-1. The van der Waals surface area contributed by atoms with Gasteiger partial charge in [0.05, 0.1) is 12.1 Å². The second-order valence-electron chi connectivity index (χ2n) is 18.7. The summed E-state index contributed by atoms with van der Waals surface area (Å²) in [5.74, 6) is 2.13. The van der Waals surface area contributed by atoms with E-state index in [1.807, 2.05) is 42.8 Å². The molecule has 1 aliphatic carbocycles. The number of rotatable bonds is 14. The van der Waals surface area contributed by atoms with Crippen molar-refractivity contribution in [2.24, 2.45) is 9.98 Å². The van der Waals surface area contributed by atoms with Crippen molar-refractivity contribution in [3.05, 3.63) is 112 Å².